The molecule has 0 fully saturated rings. The maximum absolute atomic E-state index is 11.7. The van der Waals surface area contributed by atoms with Gasteiger partial charge in [-0.3, -0.25) is 9.69 Å². The Morgan fingerprint density at radius 1 is 1.08 bits per heavy atom. The number of halogens is 2. The first kappa shape index (κ1) is 28.2. The zero-order valence-electron chi connectivity index (χ0n) is 20.7. The highest BCUT2D eigenvalue weighted by atomic mass is 35.5. The van der Waals surface area contributed by atoms with E-state index in [-0.39, 0.29) is 30.8 Å². The van der Waals surface area contributed by atoms with Crippen LogP contribution in [0.15, 0.2) is 72.8 Å². The van der Waals surface area contributed by atoms with E-state index in [1.165, 1.54) is 16.7 Å². The first-order valence-electron chi connectivity index (χ1n) is 12.5. The van der Waals surface area contributed by atoms with Crippen molar-refractivity contribution in [2.45, 2.75) is 57.7 Å². The van der Waals surface area contributed by atoms with Crippen molar-refractivity contribution in [3.63, 3.8) is 0 Å². The third-order valence-electron chi connectivity index (χ3n) is 6.80. The maximum atomic E-state index is 11.7. The van der Waals surface area contributed by atoms with Crippen LogP contribution < -0.4 is 4.74 Å². The minimum Gasteiger partial charge on any atom is -0.486 e. The van der Waals surface area contributed by atoms with Crippen molar-refractivity contribution in [3.8, 4) is 5.75 Å². The van der Waals surface area contributed by atoms with Crippen molar-refractivity contribution >= 4 is 29.8 Å². The molecule has 3 aromatic rings. The molecule has 36 heavy (non-hydrogen) atoms. The molecule has 0 aromatic heterocycles. The predicted molar refractivity (Wildman–Crippen MR) is 148 cm³/mol. The summed E-state index contributed by atoms with van der Waals surface area (Å²) in [5.74, 6) is 0.849. The minimum absolute atomic E-state index is 0. The van der Waals surface area contributed by atoms with E-state index >= 15 is 0 Å². The molecule has 0 spiro atoms. The molecular formula is C30H35Cl2NO3. The van der Waals surface area contributed by atoms with Gasteiger partial charge >= 0.3 is 0 Å². The van der Waals surface area contributed by atoms with Crippen molar-refractivity contribution in [2.75, 3.05) is 13.2 Å². The molecule has 0 amide bonds. The lowest BCUT2D eigenvalue weighted by molar-refractivity contribution is -0.120. The van der Waals surface area contributed by atoms with Crippen LogP contribution in [0, 0.1) is 0 Å². The Labute approximate surface area is 225 Å². The van der Waals surface area contributed by atoms with E-state index in [2.05, 4.69) is 41.3 Å². The fraction of sp³-hybridized carbons (Fsp3) is 0.367. The number of rotatable bonds is 10. The molecule has 2 atom stereocenters. The average Bonchev–Trinajstić information content (AvgIpc) is 3.09. The number of carbonyl (C=O) groups is 1. The highest BCUT2D eigenvalue weighted by Gasteiger charge is 2.26. The Morgan fingerprint density at radius 2 is 1.89 bits per heavy atom. The number of Topliss-reactive ketones (excluding diaryl/α,β-unsaturated/α-hetero) is 1. The lowest BCUT2D eigenvalue weighted by atomic mass is 9.99. The predicted octanol–water partition coefficient (Wildman–Crippen LogP) is 6.60. The fourth-order valence-corrected chi connectivity index (χ4v) is 4.99. The third-order valence-corrected chi connectivity index (χ3v) is 7.03. The number of benzene rings is 3. The standard InChI is InChI=1S/C30H34ClNO3.ClH/c1-2-28(33)21-35-29-15-14-23-10-7-13-27(17-25(23)18-29)32(19-22-8-4-3-5-9-22)20-30(34)24-11-6-12-26(31)16-24;/h3-6,8-9,11-12,14-16,18,27,30,34H,2,7,10,13,17,19-21H2,1H3;1H/t27-,30-;/m0./s1. The van der Waals surface area contributed by atoms with Crippen LogP contribution in [-0.2, 0) is 24.2 Å². The largest absolute Gasteiger partial charge is 0.486 e. The van der Waals surface area contributed by atoms with Crippen molar-refractivity contribution < 1.29 is 14.6 Å². The number of ether oxygens (including phenoxy) is 1. The van der Waals surface area contributed by atoms with E-state index in [1.54, 1.807) is 0 Å². The van der Waals surface area contributed by atoms with E-state index in [1.807, 2.05) is 43.3 Å². The van der Waals surface area contributed by atoms with Crippen LogP contribution in [0.3, 0.4) is 0 Å². The Hall–Kier alpha value is -2.37. The number of ketones is 1. The van der Waals surface area contributed by atoms with Gasteiger partial charge in [-0.1, -0.05) is 67.1 Å². The first-order chi connectivity index (χ1) is 17.0. The molecule has 192 valence electrons. The zero-order valence-corrected chi connectivity index (χ0v) is 22.3. The van der Waals surface area contributed by atoms with Crippen molar-refractivity contribution in [1.29, 1.82) is 0 Å². The number of hydrogen-bond donors (Lipinski definition) is 1. The summed E-state index contributed by atoms with van der Waals surface area (Å²) in [4.78, 5) is 14.1. The van der Waals surface area contributed by atoms with Crippen LogP contribution in [0.5, 0.6) is 5.75 Å². The minimum atomic E-state index is -0.630. The molecule has 0 saturated carbocycles. The van der Waals surface area contributed by atoms with E-state index in [0.717, 1.165) is 43.5 Å². The van der Waals surface area contributed by atoms with Gasteiger partial charge in [0.15, 0.2) is 5.78 Å². The number of aliphatic hydroxyl groups is 1. The Balaban J connectivity index is 0.00000361. The van der Waals surface area contributed by atoms with E-state index < -0.39 is 6.10 Å². The van der Waals surface area contributed by atoms with Crippen molar-refractivity contribution in [3.05, 3.63) is 100 Å². The molecule has 1 aliphatic rings. The SMILES string of the molecule is CCC(=O)COc1ccc2c(c1)C[C@@H](N(Cc1ccccc1)C[C@H](O)c1cccc(Cl)c1)CCC2.Cl. The molecule has 1 aliphatic carbocycles. The molecule has 0 aliphatic heterocycles. The second kappa shape index (κ2) is 13.8. The molecule has 0 heterocycles. The summed E-state index contributed by atoms with van der Waals surface area (Å²) in [6.07, 6.45) is 3.89. The highest BCUT2D eigenvalue weighted by molar-refractivity contribution is 6.30. The Morgan fingerprint density at radius 3 is 2.64 bits per heavy atom. The molecule has 6 heteroatoms. The number of hydrogen-bond acceptors (Lipinski definition) is 4. The normalized spacial score (nSPS) is 15.9. The molecular weight excluding hydrogens is 493 g/mol. The molecule has 0 bridgehead atoms. The van der Waals surface area contributed by atoms with Gasteiger partial charge in [-0.25, -0.2) is 0 Å². The van der Waals surface area contributed by atoms with Crippen LogP contribution in [0.4, 0.5) is 0 Å². The van der Waals surface area contributed by atoms with Crippen molar-refractivity contribution in [1.82, 2.24) is 4.90 Å². The van der Waals surface area contributed by atoms with Crippen molar-refractivity contribution in [2.24, 2.45) is 0 Å². The number of nitrogens with zero attached hydrogens (tertiary/aromatic N) is 1. The first-order valence-corrected chi connectivity index (χ1v) is 12.9. The zero-order chi connectivity index (χ0) is 24.6. The topological polar surface area (TPSA) is 49.8 Å². The smallest absolute Gasteiger partial charge is 0.169 e. The quantitative estimate of drug-likeness (QED) is 0.301. The number of fused-ring (bicyclic) bond motifs is 1. The van der Waals surface area contributed by atoms with Crippen LogP contribution in [0.1, 0.15) is 54.5 Å². The molecule has 0 radical (unpaired) electrons. The number of aliphatic hydroxyl groups excluding tert-OH is 1. The lowest BCUT2D eigenvalue weighted by Crippen LogP contribution is -2.39. The third kappa shape index (κ3) is 7.81. The molecule has 1 N–H and O–H groups in total. The van der Waals surface area contributed by atoms with Gasteiger partial charge in [0.25, 0.3) is 0 Å². The van der Waals surface area contributed by atoms with E-state index in [0.29, 0.717) is 18.0 Å². The van der Waals surface area contributed by atoms with Gasteiger partial charge in [-0.15, -0.1) is 12.4 Å². The molecule has 3 aromatic carbocycles. The number of carbonyl (C=O) groups excluding carboxylic acids is 1. The molecule has 4 nitrogen and oxygen atoms in total. The second-order valence-electron chi connectivity index (χ2n) is 9.35. The van der Waals surface area contributed by atoms with E-state index in [9.17, 15) is 9.90 Å². The van der Waals surface area contributed by atoms with Crippen LogP contribution in [0.2, 0.25) is 5.02 Å². The van der Waals surface area contributed by atoms with Crippen LogP contribution >= 0.6 is 24.0 Å². The summed E-state index contributed by atoms with van der Waals surface area (Å²) in [5, 5.41) is 11.8. The molecule has 4 rings (SSSR count). The number of aryl methyl sites for hydroxylation is 1. The second-order valence-corrected chi connectivity index (χ2v) is 9.78. The van der Waals surface area contributed by atoms with Gasteiger partial charge in [-0.2, -0.15) is 0 Å². The van der Waals surface area contributed by atoms with Gasteiger partial charge in [-0.05, 0) is 72.2 Å². The van der Waals surface area contributed by atoms with Gasteiger partial charge < -0.3 is 9.84 Å². The van der Waals surface area contributed by atoms with Crippen LogP contribution in [0.25, 0.3) is 0 Å². The summed E-state index contributed by atoms with van der Waals surface area (Å²) >= 11 is 6.19. The van der Waals surface area contributed by atoms with Crippen LogP contribution in [-0.4, -0.2) is 35.0 Å². The monoisotopic (exact) mass is 527 g/mol. The fourth-order valence-electron chi connectivity index (χ4n) is 4.79. The summed E-state index contributed by atoms with van der Waals surface area (Å²) in [7, 11) is 0. The van der Waals surface area contributed by atoms with E-state index in [4.69, 9.17) is 16.3 Å². The Kier molecular flexibility index (Phi) is 10.8. The van der Waals surface area contributed by atoms with Gasteiger partial charge in [0.2, 0.25) is 0 Å². The molecule has 0 unspecified atom stereocenters. The summed E-state index contributed by atoms with van der Waals surface area (Å²) < 4.78 is 5.77. The summed E-state index contributed by atoms with van der Waals surface area (Å²) in [5.41, 5.74) is 4.67. The highest BCUT2D eigenvalue weighted by Crippen LogP contribution is 2.29. The Bertz CT molecular complexity index is 1120. The van der Waals surface area contributed by atoms with Gasteiger partial charge in [0, 0.05) is 30.6 Å². The summed E-state index contributed by atoms with van der Waals surface area (Å²) in [6.45, 7) is 3.26. The van der Waals surface area contributed by atoms with Gasteiger partial charge in [0.05, 0.1) is 6.10 Å². The van der Waals surface area contributed by atoms with Gasteiger partial charge in [0.1, 0.15) is 12.4 Å². The summed E-state index contributed by atoms with van der Waals surface area (Å²) in [6, 6.07) is 24.4. The molecule has 0 saturated heterocycles. The average molecular weight is 529 g/mol. The lowest BCUT2D eigenvalue weighted by Gasteiger charge is -2.33. The maximum Gasteiger partial charge on any atom is 0.169 e.